The third-order valence-electron chi connectivity index (χ3n) is 5.39. The highest BCUT2D eigenvalue weighted by atomic mass is 16.5. The molecule has 1 aromatic heterocycles. The number of esters is 1. The molecular formula is C26H28N2O6. The molecule has 8 heteroatoms. The summed E-state index contributed by atoms with van der Waals surface area (Å²) in [4.78, 5) is 29.2. The first kappa shape index (κ1) is 24.6. The highest BCUT2D eigenvalue weighted by molar-refractivity contribution is 5.95. The van der Waals surface area contributed by atoms with E-state index in [4.69, 9.17) is 9.47 Å². The lowest BCUT2D eigenvalue weighted by Gasteiger charge is -2.16. The number of hydrogen-bond donors (Lipinski definition) is 2. The fourth-order valence-corrected chi connectivity index (χ4v) is 3.61. The van der Waals surface area contributed by atoms with Crippen molar-refractivity contribution in [3.8, 4) is 17.2 Å². The van der Waals surface area contributed by atoms with E-state index >= 15 is 0 Å². The lowest BCUT2D eigenvalue weighted by atomic mass is 10.0. The van der Waals surface area contributed by atoms with Gasteiger partial charge >= 0.3 is 11.9 Å². The van der Waals surface area contributed by atoms with Crippen LogP contribution in [0, 0.1) is 0 Å². The molecule has 0 unspecified atom stereocenters. The van der Waals surface area contributed by atoms with Crippen molar-refractivity contribution in [2.45, 2.75) is 32.6 Å². The van der Waals surface area contributed by atoms with Crippen molar-refractivity contribution in [1.82, 2.24) is 9.55 Å². The third kappa shape index (κ3) is 5.64. The number of carbonyl (C=O) groups excluding carboxylic acids is 1. The van der Waals surface area contributed by atoms with Gasteiger partial charge in [0.1, 0.15) is 17.3 Å². The minimum Gasteiger partial charge on any atom is -0.508 e. The first-order chi connectivity index (χ1) is 16.4. The predicted molar refractivity (Wildman–Crippen MR) is 127 cm³/mol. The van der Waals surface area contributed by atoms with E-state index in [1.807, 2.05) is 0 Å². The molecule has 0 spiro atoms. The van der Waals surface area contributed by atoms with Crippen molar-refractivity contribution in [3.63, 3.8) is 0 Å². The second kappa shape index (κ2) is 11.2. The van der Waals surface area contributed by atoms with Crippen molar-refractivity contribution < 1.29 is 29.3 Å². The lowest BCUT2D eigenvalue weighted by molar-refractivity contribution is -0.132. The minimum absolute atomic E-state index is 0.109. The zero-order valence-corrected chi connectivity index (χ0v) is 19.4. The van der Waals surface area contributed by atoms with Gasteiger partial charge in [0.2, 0.25) is 0 Å². The largest absolute Gasteiger partial charge is 0.508 e. The molecule has 0 saturated carbocycles. The summed E-state index contributed by atoms with van der Waals surface area (Å²) in [6.45, 7) is 2.07. The van der Waals surface area contributed by atoms with Gasteiger partial charge in [-0.1, -0.05) is 25.5 Å². The molecule has 0 aliphatic heterocycles. The van der Waals surface area contributed by atoms with Crippen molar-refractivity contribution in [2.75, 3.05) is 14.2 Å². The molecular weight excluding hydrogens is 436 g/mol. The van der Waals surface area contributed by atoms with Crippen molar-refractivity contribution in [2.24, 2.45) is 0 Å². The summed E-state index contributed by atoms with van der Waals surface area (Å²) in [6.07, 6.45) is 5.79. The number of methoxy groups -OCH3 is 2. The molecule has 34 heavy (non-hydrogen) atoms. The SMILES string of the molecule is CCCCc1ncc(/C=C(\Cc2ccc(O)cc2)C(=O)O)n1-c1ccc(OC)cc1C(=O)OC. The summed E-state index contributed by atoms with van der Waals surface area (Å²) < 4.78 is 12.1. The highest BCUT2D eigenvalue weighted by Crippen LogP contribution is 2.27. The quantitative estimate of drug-likeness (QED) is 0.337. The molecule has 3 rings (SSSR count). The third-order valence-corrected chi connectivity index (χ3v) is 5.39. The van der Waals surface area contributed by atoms with Gasteiger partial charge in [0.05, 0.1) is 37.4 Å². The molecule has 0 aliphatic carbocycles. The van der Waals surface area contributed by atoms with E-state index in [1.54, 1.807) is 47.2 Å². The van der Waals surface area contributed by atoms with Gasteiger partial charge < -0.3 is 19.7 Å². The molecule has 2 aromatic carbocycles. The van der Waals surface area contributed by atoms with E-state index in [-0.39, 0.29) is 23.3 Å². The number of aliphatic carboxylic acids is 1. The molecule has 0 radical (unpaired) electrons. The summed E-state index contributed by atoms with van der Waals surface area (Å²) >= 11 is 0. The Morgan fingerprint density at radius 3 is 2.47 bits per heavy atom. The molecule has 0 bridgehead atoms. The second-order valence-electron chi connectivity index (χ2n) is 7.73. The van der Waals surface area contributed by atoms with Crippen molar-refractivity contribution in [1.29, 1.82) is 0 Å². The molecule has 0 saturated heterocycles. The Morgan fingerprint density at radius 2 is 1.85 bits per heavy atom. The number of carbonyl (C=O) groups is 2. The summed E-state index contributed by atoms with van der Waals surface area (Å²) in [5.41, 5.74) is 2.21. The fraction of sp³-hybridized carbons (Fsp3) is 0.269. The van der Waals surface area contributed by atoms with Crippen LogP contribution in [0.2, 0.25) is 0 Å². The number of unbranched alkanes of at least 4 members (excludes halogenated alkanes) is 1. The molecule has 0 amide bonds. The fourth-order valence-electron chi connectivity index (χ4n) is 3.61. The van der Waals surface area contributed by atoms with Gasteiger partial charge in [-0.2, -0.15) is 0 Å². The standard InChI is InChI=1S/C26H28N2O6/c1-4-5-6-24-27-16-19(14-18(25(30)31)13-17-7-9-20(29)10-8-17)28(24)23-12-11-21(33-2)15-22(23)26(32)34-3/h7-12,14-16,29H,4-6,13H2,1-3H3,(H,30,31)/b18-14+. The maximum Gasteiger partial charge on any atom is 0.340 e. The maximum absolute atomic E-state index is 12.6. The van der Waals surface area contributed by atoms with Gasteiger partial charge in [-0.3, -0.25) is 4.57 Å². The zero-order chi connectivity index (χ0) is 24.7. The van der Waals surface area contributed by atoms with Crippen LogP contribution in [0.25, 0.3) is 11.8 Å². The Hall–Kier alpha value is -4.07. The molecule has 0 atom stereocenters. The van der Waals surface area contributed by atoms with E-state index in [1.165, 1.54) is 26.4 Å². The van der Waals surface area contributed by atoms with E-state index in [0.717, 1.165) is 18.4 Å². The zero-order valence-electron chi connectivity index (χ0n) is 19.4. The van der Waals surface area contributed by atoms with Crippen LogP contribution in [0.4, 0.5) is 0 Å². The molecule has 8 nitrogen and oxygen atoms in total. The number of phenols is 1. The van der Waals surface area contributed by atoms with Crippen LogP contribution in [0.1, 0.15) is 47.2 Å². The van der Waals surface area contributed by atoms with E-state index in [2.05, 4.69) is 11.9 Å². The Balaban J connectivity index is 2.16. The van der Waals surface area contributed by atoms with Crippen LogP contribution in [0.5, 0.6) is 11.5 Å². The van der Waals surface area contributed by atoms with Gasteiger partial charge in [-0.25, -0.2) is 14.6 Å². The van der Waals surface area contributed by atoms with E-state index < -0.39 is 11.9 Å². The molecule has 3 aromatic rings. The smallest absolute Gasteiger partial charge is 0.340 e. The number of aromatic hydroxyl groups is 1. The normalized spacial score (nSPS) is 11.3. The van der Waals surface area contributed by atoms with Crippen molar-refractivity contribution in [3.05, 3.63) is 76.9 Å². The number of aromatic nitrogens is 2. The van der Waals surface area contributed by atoms with Gasteiger partial charge in [0.25, 0.3) is 0 Å². The molecule has 0 aliphatic rings. The molecule has 2 N–H and O–H groups in total. The summed E-state index contributed by atoms with van der Waals surface area (Å²) in [6, 6.07) is 11.4. The van der Waals surface area contributed by atoms with Gasteiger partial charge in [0, 0.05) is 18.4 Å². The average Bonchev–Trinajstić information content (AvgIpc) is 3.24. The molecule has 0 fully saturated rings. The van der Waals surface area contributed by atoms with Gasteiger partial charge in [0.15, 0.2) is 0 Å². The van der Waals surface area contributed by atoms with Crippen LogP contribution >= 0.6 is 0 Å². The number of benzene rings is 2. The molecule has 1 heterocycles. The van der Waals surface area contributed by atoms with Crippen molar-refractivity contribution >= 4 is 18.0 Å². The number of carboxylic acid groups (broad SMARTS) is 1. The van der Waals surface area contributed by atoms with Crippen LogP contribution < -0.4 is 4.74 Å². The topological polar surface area (TPSA) is 111 Å². The monoisotopic (exact) mass is 464 g/mol. The second-order valence-corrected chi connectivity index (χ2v) is 7.73. The Kier molecular flexibility index (Phi) is 8.08. The number of rotatable bonds is 10. The van der Waals surface area contributed by atoms with Crippen LogP contribution in [-0.2, 0) is 22.4 Å². The molecule has 178 valence electrons. The first-order valence-corrected chi connectivity index (χ1v) is 10.9. The van der Waals surface area contributed by atoms with Gasteiger partial charge in [-0.15, -0.1) is 0 Å². The Bertz CT molecular complexity index is 1190. The number of nitrogens with zero attached hydrogens (tertiary/aromatic N) is 2. The summed E-state index contributed by atoms with van der Waals surface area (Å²) in [5, 5.41) is 19.4. The number of carboxylic acids is 1. The predicted octanol–water partition coefficient (Wildman–Crippen LogP) is 4.43. The summed E-state index contributed by atoms with van der Waals surface area (Å²) in [7, 11) is 2.81. The number of hydrogen-bond acceptors (Lipinski definition) is 6. The van der Waals surface area contributed by atoms with Gasteiger partial charge in [-0.05, 0) is 48.4 Å². The average molecular weight is 465 g/mol. The maximum atomic E-state index is 12.6. The Labute approximate surface area is 198 Å². The van der Waals surface area contributed by atoms with Crippen LogP contribution in [0.3, 0.4) is 0 Å². The number of phenolic OH excluding ortho intramolecular Hbond substituents is 1. The van der Waals surface area contributed by atoms with Crippen LogP contribution in [0.15, 0.2) is 54.2 Å². The van der Waals surface area contributed by atoms with Crippen LogP contribution in [-0.4, -0.2) is 45.9 Å². The first-order valence-electron chi connectivity index (χ1n) is 10.9. The van der Waals surface area contributed by atoms with E-state index in [9.17, 15) is 19.8 Å². The number of imidazole rings is 1. The Morgan fingerprint density at radius 1 is 1.12 bits per heavy atom. The minimum atomic E-state index is -1.07. The number of ether oxygens (including phenoxy) is 2. The number of aryl methyl sites for hydroxylation is 1. The highest BCUT2D eigenvalue weighted by Gasteiger charge is 2.20. The summed E-state index contributed by atoms with van der Waals surface area (Å²) in [5.74, 6) is -0.300. The lowest BCUT2D eigenvalue weighted by Crippen LogP contribution is -2.12. The van der Waals surface area contributed by atoms with E-state index in [0.29, 0.717) is 29.4 Å².